The number of rotatable bonds is 12. The Hall–Kier alpha value is -2.55. The molecule has 260 valence electrons. The van der Waals surface area contributed by atoms with Crippen molar-refractivity contribution in [2.45, 2.75) is 75.0 Å². The zero-order valence-corrected chi connectivity index (χ0v) is 28.8. The number of carbonyl (C=O) groups excluding carboxylic acids is 1. The number of unbranched alkanes of at least 4 members (excludes halogenated alkanes) is 2. The van der Waals surface area contributed by atoms with Crippen LogP contribution in [0.25, 0.3) is 0 Å². The first-order valence-electron chi connectivity index (χ1n) is 16.2. The highest BCUT2D eigenvalue weighted by Gasteiger charge is 2.23. The van der Waals surface area contributed by atoms with Gasteiger partial charge in [-0.15, -0.1) is 0 Å². The van der Waals surface area contributed by atoms with Crippen molar-refractivity contribution in [2.75, 3.05) is 52.5 Å². The molecule has 2 aromatic rings. The summed E-state index contributed by atoms with van der Waals surface area (Å²) in [6, 6.07) is 14.8. The lowest BCUT2D eigenvalue weighted by Gasteiger charge is -2.33. The summed E-state index contributed by atoms with van der Waals surface area (Å²) in [4.78, 5) is 16.8. The SMILES string of the molecule is CCCCN1CCCC(COC(=O)OCC2CCCN(CCCC)C2)C1.O=S(=O)(O)c1ccccc1.O=S(=O)(O)c1ccccc1. The van der Waals surface area contributed by atoms with E-state index in [2.05, 4.69) is 23.6 Å². The van der Waals surface area contributed by atoms with Crippen molar-refractivity contribution < 1.29 is 40.2 Å². The van der Waals surface area contributed by atoms with Crippen LogP contribution in [0, 0.1) is 11.8 Å². The van der Waals surface area contributed by atoms with E-state index in [0.29, 0.717) is 25.0 Å². The van der Waals surface area contributed by atoms with Gasteiger partial charge in [0.25, 0.3) is 20.2 Å². The third-order valence-corrected chi connectivity index (χ3v) is 9.55. The van der Waals surface area contributed by atoms with Gasteiger partial charge in [-0.1, -0.05) is 63.1 Å². The molecular weight excluding hydrogens is 633 g/mol. The van der Waals surface area contributed by atoms with Crippen LogP contribution in [0.3, 0.4) is 0 Å². The minimum absolute atomic E-state index is 0.0741. The van der Waals surface area contributed by atoms with E-state index in [1.165, 1.54) is 89.0 Å². The lowest BCUT2D eigenvalue weighted by Crippen LogP contribution is -2.39. The summed E-state index contributed by atoms with van der Waals surface area (Å²) in [7, 11) is -8.01. The van der Waals surface area contributed by atoms with Crippen molar-refractivity contribution in [1.82, 2.24) is 9.80 Å². The van der Waals surface area contributed by atoms with Gasteiger partial charge in [-0.25, -0.2) is 4.79 Å². The fourth-order valence-electron chi connectivity index (χ4n) is 5.34. The molecule has 2 atom stereocenters. The van der Waals surface area contributed by atoms with E-state index >= 15 is 0 Å². The molecule has 13 heteroatoms. The Balaban J connectivity index is 0.000000299. The molecular formula is C33H52N2O9S2. The fourth-order valence-corrected chi connectivity index (χ4v) is 6.34. The van der Waals surface area contributed by atoms with Crippen LogP contribution in [-0.2, 0) is 29.7 Å². The summed E-state index contributed by atoms with van der Waals surface area (Å²) in [6.07, 6.45) is 9.25. The van der Waals surface area contributed by atoms with Gasteiger partial charge in [0.2, 0.25) is 0 Å². The van der Waals surface area contributed by atoms with Crippen LogP contribution < -0.4 is 0 Å². The van der Waals surface area contributed by atoms with Crippen LogP contribution in [0.4, 0.5) is 4.79 Å². The Morgan fingerprint density at radius 1 is 0.696 bits per heavy atom. The summed E-state index contributed by atoms with van der Waals surface area (Å²) in [5.41, 5.74) is 0. The minimum atomic E-state index is -4.00. The average molecular weight is 685 g/mol. The molecule has 2 aliphatic rings. The highest BCUT2D eigenvalue weighted by atomic mass is 32.2. The number of hydrogen-bond donors (Lipinski definition) is 2. The van der Waals surface area contributed by atoms with Gasteiger partial charge in [0.1, 0.15) is 0 Å². The topological polar surface area (TPSA) is 151 Å². The van der Waals surface area contributed by atoms with Crippen molar-refractivity contribution in [3.8, 4) is 0 Å². The quantitative estimate of drug-likeness (QED) is 0.199. The molecule has 0 aliphatic carbocycles. The number of likely N-dealkylation sites (tertiary alicyclic amines) is 2. The Labute approximate surface area is 275 Å². The molecule has 0 spiro atoms. The maximum Gasteiger partial charge on any atom is 0.508 e. The number of hydrogen-bond acceptors (Lipinski definition) is 9. The van der Waals surface area contributed by atoms with Crippen LogP contribution in [0.15, 0.2) is 70.5 Å². The predicted molar refractivity (Wildman–Crippen MR) is 178 cm³/mol. The molecule has 0 aromatic heterocycles. The molecule has 2 aromatic carbocycles. The summed E-state index contributed by atoms with van der Waals surface area (Å²) >= 11 is 0. The van der Waals surface area contributed by atoms with Crippen LogP contribution >= 0.6 is 0 Å². The van der Waals surface area contributed by atoms with Gasteiger partial charge in [0.15, 0.2) is 0 Å². The Morgan fingerprint density at radius 3 is 1.37 bits per heavy atom. The normalized spacial score (nSPS) is 19.1. The molecule has 2 saturated heterocycles. The average Bonchev–Trinajstić information content (AvgIpc) is 3.05. The highest BCUT2D eigenvalue weighted by molar-refractivity contribution is 7.86. The van der Waals surface area contributed by atoms with Gasteiger partial charge in [-0.05, 0) is 89.0 Å². The van der Waals surface area contributed by atoms with E-state index in [0.717, 1.165) is 25.9 Å². The standard InChI is InChI=1S/C21H40N2O3.2C6H6O3S/c1-3-5-11-22-13-7-9-19(15-22)17-25-21(24)26-18-20-10-8-14-23(16-20)12-6-4-2;2*7-10(8,9)6-4-2-1-3-5-6/h19-20H,3-18H2,1-2H3;2*1-5H,(H,7,8,9). The van der Waals surface area contributed by atoms with Crippen molar-refractivity contribution in [2.24, 2.45) is 11.8 Å². The van der Waals surface area contributed by atoms with Crippen molar-refractivity contribution in [3.63, 3.8) is 0 Å². The predicted octanol–water partition coefficient (Wildman–Crippen LogP) is 6.03. The Morgan fingerprint density at radius 2 is 1.07 bits per heavy atom. The maximum absolute atomic E-state index is 12.0. The van der Waals surface area contributed by atoms with Crippen molar-refractivity contribution >= 4 is 26.4 Å². The number of piperidine rings is 2. The lowest BCUT2D eigenvalue weighted by molar-refractivity contribution is 0.0154. The molecule has 2 heterocycles. The molecule has 0 bridgehead atoms. The largest absolute Gasteiger partial charge is 0.508 e. The number of nitrogens with zero attached hydrogens (tertiary/aromatic N) is 2. The summed E-state index contributed by atoms with van der Waals surface area (Å²) in [6.45, 7) is 12.3. The van der Waals surface area contributed by atoms with Gasteiger partial charge in [-0.2, -0.15) is 16.8 Å². The van der Waals surface area contributed by atoms with Crippen LogP contribution in [0.2, 0.25) is 0 Å². The molecule has 2 aliphatic heterocycles. The summed E-state index contributed by atoms with van der Waals surface area (Å²) in [5, 5.41) is 0. The molecule has 4 rings (SSSR count). The third-order valence-electron chi connectivity index (χ3n) is 7.82. The first kappa shape index (κ1) is 39.6. The second-order valence-corrected chi connectivity index (χ2v) is 14.6. The Bertz CT molecular complexity index is 1230. The fraction of sp³-hybridized carbons (Fsp3) is 0.606. The van der Waals surface area contributed by atoms with Gasteiger partial charge < -0.3 is 19.3 Å². The molecule has 0 saturated carbocycles. The molecule has 46 heavy (non-hydrogen) atoms. The zero-order chi connectivity index (χ0) is 33.8. The van der Waals surface area contributed by atoms with Gasteiger partial charge >= 0.3 is 6.16 Å². The van der Waals surface area contributed by atoms with Crippen molar-refractivity contribution in [1.29, 1.82) is 0 Å². The first-order chi connectivity index (χ1) is 21.9. The van der Waals surface area contributed by atoms with E-state index in [4.69, 9.17) is 18.6 Å². The number of benzene rings is 2. The van der Waals surface area contributed by atoms with Crippen LogP contribution in [0.1, 0.15) is 65.2 Å². The van der Waals surface area contributed by atoms with E-state index in [1.54, 1.807) is 36.4 Å². The van der Waals surface area contributed by atoms with Crippen LogP contribution in [-0.4, -0.2) is 94.4 Å². The molecule has 2 fully saturated rings. The highest BCUT2D eigenvalue weighted by Crippen LogP contribution is 2.19. The van der Waals surface area contributed by atoms with E-state index in [9.17, 15) is 21.6 Å². The molecule has 2 unspecified atom stereocenters. The van der Waals surface area contributed by atoms with Gasteiger partial charge in [0, 0.05) is 24.9 Å². The minimum Gasteiger partial charge on any atom is -0.434 e. The van der Waals surface area contributed by atoms with Crippen LogP contribution in [0.5, 0.6) is 0 Å². The maximum atomic E-state index is 12.0. The Kier molecular flexibility index (Phi) is 18.4. The molecule has 0 amide bonds. The lowest BCUT2D eigenvalue weighted by atomic mass is 9.98. The molecule has 11 nitrogen and oxygen atoms in total. The van der Waals surface area contributed by atoms with E-state index in [1.807, 2.05) is 0 Å². The van der Waals surface area contributed by atoms with E-state index < -0.39 is 26.4 Å². The van der Waals surface area contributed by atoms with E-state index in [-0.39, 0.29) is 9.79 Å². The van der Waals surface area contributed by atoms with Gasteiger partial charge in [-0.3, -0.25) is 9.11 Å². The molecule has 2 N–H and O–H groups in total. The zero-order valence-electron chi connectivity index (χ0n) is 27.2. The number of carbonyl (C=O) groups is 1. The monoisotopic (exact) mass is 684 g/mol. The van der Waals surface area contributed by atoms with Gasteiger partial charge in [0.05, 0.1) is 23.0 Å². The summed E-state index contributed by atoms with van der Waals surface area (Å²) in [5.74, 6) is 0.930. The second kappa shape index (κ2) is 21.3. The second-order valence-electron chi connectivity index (χ2n) is 11.8. The third kappa shape index (κ3) is 16.8. The first-order valence-corrected chi connectivity index (χ1v) is 19.1. The number of ether oxygens (including phenoxy) is 2. The molecule has 0 radical (unpaired) electrons. The van der Waals surface area contributed by atoms with Crippen molar-refractivity contribution in [3.05, 3.63) is 60.7 Å². The summed E-state index contributed by atoms with van der Waals surface area (Å²) < 4.78 is 69.3. The smallest absolute Gasteiger partial charge is 0.434 e.